The van der Waals surface area contributed by atoms with Crippen LogP contribution in [0.25, 0.3) is 0 Å². The van der Waals surface area contributed by atoms with Crippen molar-refractivity contribution >= 4 is 17.8 Å². The Morgan fingerprint density at radius 2 is 1.79 bits per heavy atom. The first-order valence-corrected chi connectivity index (χ1v) is 10.6. The summed E-state index contributed by atoms with van der Waals surface area (Å²) in [6.45, 7) is 9.95. The lowest BCUT2D eigenvalue weighted by molar-refractivity contribution is 0.0587. The van der Waals surface area contributed by atoms with Crippen LogP contribution in [0.2, 0.25) is 0 Å². The highest BCUT2D eigenvalue weighted by molar-refractivity contribution is 6.04. The molecular weight excluding hydrogens is 370 g/mol. The number of amides is 2. The molecular formula is C22H35N3O4. The van der Waals surface area contributed by atoms with Crippen LogP contribution in [0.1, 0.15) is 85.0 Å². The van der Waals surface area contributed by atoms with Crippen LogP contribution in [0.15, 0.2) is 0 Å². The average molecular weight is 406 g/mol. The van der Waals surface area contributed by atoms with E-state index in [-0.39, 0.29) is 30.4 Å². The fourth-order valence-corrected chi connectivity index (χ4v) is 4.38. The van der Waals surface area contributed by atoms with E-state index < -0.39 is 5.97 Å². The normalized spacial score (nSPS) is 14.7. The standard InChI is InChI=1S/C22H35N3O4/c1-7-24-16(5)19(15(4)20(24)21(27)29-6)18(26)13-25(22(28)23-14(2)3)17-11-9-8-10-12-17/h14,17H,7-13H2,1-6H3,(H,23,28). The van der Waals surface area contributed by atoms with Crippen LogP contribution < -0.4 is 5.32 Å². The maximum Gasteiger partial charge on any atom is 0.354 e. The van der Waals surface area contributed by atoms with Crippen molar-refractivity contribution in [1.29, 1.82) is 0 Å². The number of urea groups is 1. The van der Waals surface area contributed by atoms with Gasteiger partial charge in [0, 0.05) is 29.9 Å². The van der Waals surface area contributed by atoms with Crippen molar-refractivity contribution in [3.63, 3.8) is 0 Å². The molecule has 1 aromatic heterocycles. The first-order chi connectivity index (χ1) is 13.7. The SMILES string of the molecule is CCn1c(C)c(C(=O)CN(C(=O)NC(C)C)C2CCCCC2)c(C)c1C(=O)OC. The van der Waals surface area contributed by atoms with E-state index in [0.717, 1.165) is 31.4 Å². The predicted octanol–water partition coefficient (Wildman–Crippen LogP) is 3.85. The van der Waals surface area contributed by atoms with Gasteiger partial charge in [-0.25, -0.2) is 9.59 Å². The van der Waals surface area contributed by atoms with Crippen molar-refractivity contribution in [3.05, 3.63) is 22.5 Å². The van der Waals surface area contributed by atoms with Gasteiger partial charge >= 0.3 is 12.0 Å². The smallest absolute Gasteiger partial charge is 0.354 e. The molecule has 0 atom stereocenters. The lowest BCUT2D eigenvalue weighted by atomic mass is 9.93. The Morgan fingerprint density at radius 3 is 2.31 bits per heavy atom. The van der Waals surface area contributed by atoms with Gasteiger partial charge in [-0.3, -0.25) is 4.79 Å². The monoisotopic (exact) mass is 405 g/mol. The molecule has 0 bridgehead atoms. The second-order valence-corrected chi connectivity index (χ2v) is 8.12. The lowest BCUT2D eigenvalue weighted by Gasteiger charge is -2.34. The minimum absolute atomic E-state index is 0.000679. The highest BCUT2D eigenvalue weighted by Crippen LogP contribution is 2.26. The lowest BCUT2D eigenvalue weighted by Crippen LogP contribution is -2.50. The van der Waals surface area contributed by atoms with E-state index in [1.165, 1.54) is 13.5 Å². The fourth-order valence-electron chi connectivity index (χ4n) is 4.38. The summed E-state index contributed by atoms with van der Waals surface area (Å²) in [4.78, 5) is 40.2. The molecule has 1 fully saturated rings. The molecule has 1 saturated carbocycles. The van der Waals surface area contributed by atoms with Crippen LogP contribution >= 0.6 is 0 Å². The molecule has 0 aromatic carbocycles. The first kappa shape index (κ1) is 23.0. The van der Waals surface area contributed by atoms with E-state index in [1.54, 1.807) is 11.8 Å². The maximum atomic E-state index is 13.3. The van der Waals surface area contributed by atoms with Gasteiger partial charge in [0.2, 0.25) is 0 Å². The number of carbonyl (C=O) groups excluding carboxylic acids is 3. The number of nitrogens with zero attached hydrogens (tertiary/aromatic N) is 2. The van der Waals surface area contributed by atoms with Crippen LogP contribution in [-0.4, -0.2) is 53.0 Å². The Bertz CT molecular complexity index is 761. The molecule has 0 radical (unpaired) electrons. The van der Waals surface area contributed by atoms with E-state index in [1.807, 2.05) is 32.3 Å². The summed E-state index contributed by atoms with van der Waals surface area (Å²) in [6, 6.07) is -0.127. The third-order valence-electron chi connectivity index (χ3n) is 5.74. The summed E-state index contributed by atoms with van der Waals surface area (Å²) in [5, 5.41) is 2.94. The van der Waals surface area contributed by atoms with Gasteiger partial charge in [0.05, 0.1) is 13.7 Å². The molecule has 1 heterocycles. The van der Waals surface area contributed by atoms with Gasteiger partial charge in [-0.1, -0.05) is 19.3 Å². The Balaban J connectivity index is 2.37. The molecule has 7 heteroatoms. The zero-order chi connectivity index (χ0) is 21.7. The van der Waals surface area contributed by atoms with Crippen LogP contribution in [0.5, 0.6) is 0 Å². The second kappa shape index (κ2) is 9.94. The molecule has 1 N–H and O–H groups in total. The largest absolute Gasteiger partial charge is 0.464 e. The molecule has 0 aliphatic heterocycles. The van der Waals surface area contributed by atoms with E-state index in [9.17, 15) is 14.4 Å². The Labute approximate surface area is 173 Å². The minimum atomic E-state index is -0.451. The summed E-state index contributed by atoms with van der Waals surface area (Å²) in [7, 11) is 1.34. The molecule has 0 spiro atoms. The predicted molar refractivity (Wildman–Crippen MR) is 112 cm³/mol. The van der Waals surface area contributed by atoms with Gasteiger partial charge in [-0.15, -0.1) is 0 Å². The van der Waals surface area contributed by atoms with Crippen molar-refractivity contribution < 1.29 is 19.1 Å². The zero-order valence-electron chi connectivity index (χ0n) is 18.6. The highest BCUT2D eigenvalue weighted by atomic mass is 16.5. The number of carbonyl (C=O) groups is 3. The summed E-state index contributed by atoms with van der Waals surface area (Å²) in [6.07, 6.45) is 5.15. The van der Waals surface area contributed by atoms with E-state index >= 15 is 0 Å². The van der Waals surface area contributed by atoms with Gasteiger partial charge in [0.15, 0.2) is 5.78 Å². The van der Waals surface area contributed by atoms with E-state index in [4.69, 9.17) is 4.74 Å². The van der Waals surface area contributed by atoms with E-state index in [0.29, 0.717) is 23.4 Å². The first-order valence-electron chi connectivity index (χ1n) is 10.6. The van der Waals surface area contributed by atoms with Gasteiger partial charge < -0.3 is 19.5 Å². The Kier molecular flexibility index (Phi) is 7.88. The summed E-state index contributed by atoms with van der Waals surface area (Å²) in [5.74, 6) is -0.588. The molecule has 29 heavy (non-hydrogen) atoms. The van der Waals surface area contributed by atoms with Crippen molar-refractivity contribution in [3.8, 4) is 0 Å². The third kappa shape index (κ3) is 5.00. The molecule has 2 amide bonds. The number of nitrogens with one attached hydrogen (secondary N) is 1. The van der Waals surface area contributed by atoms with Crippen molar-refractivity contribution in [2.75, 3.05) is 13.7 Å². The number of ketones is 1. The summed E-state index contributed by atoms with van der Waals surface area (Å²) >= 11 is 0. The topological polar surface area (TPSA) is 80.6 Å². The molecule has 1 aliphatic carbocycles. The van der Waals surface area contributed by atoms with Crippen LogP contribution in [0, 0.1) is 13.8 Å². The Morgan fingerprint density at radius 1 is 1.17 bits per heavy atom. The number of esters is 1. The number of methoxy groups -OCH3 is 1. The average Bonchev–Trinajstić information content (AvgIpc) is 2.94. The van der Waals surface area contributed by atoms with Crippen LogP contribution in [0.3, 0.4) is 0 Å². The molecule has 7 nitrogen and oxygen atoms in total. The quantitative estimate of drug-likeness (QED) is 0.552. The highest BCUT2D eigenvalue weighted by Gasteiger charge is 2.31. The maximum absolute atomic E-state index is 13.3. The van der Waals surface area contributed by atoms with Gasteiger partial charge in [0.1, 0.15) is 5.69 Å². The number of aromatic nitrogens is 1. The van der Waals surface area contributed by atoms with Gasteiger partial charge in [0.25, 0.3) is 0 Å². The number of hydrogen-bond donors (Lipinski definition) is 1. The van der Waals surface area contributed by atoms with Crippen molar-refractivity contribution in [1.82, 2.24) is 14.8 Å². The van der Waals surface area contributed by atoms with Gasteiger partial charge in [-0.2, -0.15) is 0 Å². The number of rotatable bonds is 7. The molecule has 1 aromatic rings. The fraction of sp³-hybridized carbons (Fsp3) is 0.682. The molecule has 0 saturated heterocycles. The van der Waals surface area contributed by atoms with Gasteiger partial charge in [-0.05, 0) is 53.0 Å². The number of ether oxygens (including phenoxy) is 1. The van der Waals surface area contributed by atoms with Crippen LogP contribution in [0.4, 0.5) is 4.79 Å². The molecule has 1 aliphatic rings. The third-order valence-corrected chi connectivity index (χ3v) is 5.74. The van der Waals surface area contributed by atoms with Crippen LogP contribution in [-0.2, 0) is 11.3 Å². The van der Waals surface area contributed by atoms with Crippen molar-refractivity contribution in [2.24, 2.45) is 0 Å². The summed E-state index contributed by atoms with van der Waals surface area (Å²) in [5.41, 5.74) is 2.29. The Hall–Kier alpha value is -2.31. The minimum Gasteiger partial charge on any atom is -0.464 e. The summed E-state index contributed by atoms with van der Waals surface area (Å²) < 4.78 is 6.73. The van der Waals surface area contributed by atoms with Crippen molar-refractivity contribution in [2.45, 2.75) is 85.4 Å². The van der Waals surface area contributed by atoms with E-state index in [2.05, 4.69) is 5.32 Å². The number of Topliss-reactive ketones (excluding diaryl/α,β-unsaturated/α-hetero) is 1. The molecule has 162 valence electrons. The zero-order valence-corrected chi connectivity index (χ0v) is 18.6. The second-order valence-electron chi connectivity index (χ2n) is 8.12. The molecule has 0 unspecified atom stereocenters. The number of hydrogen-bond acceptors (Lipinski definition) is 4. The molecule has 2 rings (SSSR count).